The van der Waals surface area contributed by atoms with Crippen molar-refractivity contribution in [2.24, 2.45) is 0 Å². The molecule has 1 atom stereocenters. The number of ether oxygens (including phenoxy) is 2. The van der Waals surface area contributed by atoms with Crippen molar-refractivity contribution in [3.63, 3.8) is 0 Å². The summed E-state index contributed by atoms with van der Waals surface area (Å²) in [5.41, 5.74) is 1.54. The molecule has 22 heavy (non-hydrogen) atoms. The molecule has 0 saturated carbocycles. The molecule has 1 saturated heterocycles. The summed E-state index contributed by atoms with van der Waals surface area (Å²) in [6.07, 6.45) is 1.65. The number of halogens is 1. The van der Waals surface area contributed by atoms with Gasteiger partial charge in [0.15, 0.2) is 0 Å². The molecule has 1 aliphatic heterocycles. The predicted molar refractivity (Wildman–Crippen MR) is 87.5 cm³/mol. The van der Waals surface area contributed by atoms with Crippen molar-refractivity contribution in [1.82, 2.24) is 4.90 Å². The average molecular weight is 326 g/mol. The summed E-state index contributed by atoms with van der Waals surface area (Å²) < 4.78 is 10.9. The van der Waals surface area contributed by atoms with Crippen molar-refractivity contribution in [2.45, 2.75) is 51.1 Å². The summed E-state index contributed by atoms with van der Waals surface area (Å²) in [5, 5.41) is 0. The lowest BCUT2D eigenvalue weighted by Gasteiger charge is -2.29. The smallest absolute Gasteiger partial charge is 0.410 e. The van der Waals surface area contributed by atoms with Crippen LogP contribution in [0.3, 0.4) is 0 Å². The highest BCUT2D eigenvalue weighted by Gasteiger charge is 2.33. The molecule has 1 aliphatic rings. The molecule has 0 N–H and O–H groups in total. The van der Waals surface area contributed by atoms with Crippen molar-refractivity contribution < 1.29 is 14.3 Å². The fourth-order valence-corrected chi connectivity index (χ4v) is 2.95. The lowest BCUT2D eigenvalue weighted by atomic mass is 10.0. The Morgan fingerprint density at radius 1 is 1.41 bits per heavy atom. The Labute approximate surface area is 137 Å². The number of rotatable bonds is 3. The number of hydrogen-bond donors (Lipinski definition) is 0. The summed E-state index contributed by atoms with van der Waals surface area (Å²) in [4.78, 5) is 14.2. The van der Waals surface area contributed by atoms with Gasteiger partial charge in [0.25, 0.3) is 0 Å². The Kier molecular flexibility index (Phi) is 5.22. The van der Waals surface area contributed by atoms with Crippen molar-refractivity contribution in [1.29, 1.82) is 0 Å². The van der Waals surface area contributed by atoms with Crippen LogP contribution >= 0.6 is 11.6 Å². The predicted octanol–water partition coefficient (Wildman–Crippen LogP) is 4.51. The molecule has 1 heterocycles. The number of carbonyl (C=O) groups is 1. The van der Waals surface area contributed by atoms with Crippen LogP contribution in [0.4, 0.5) is 4.79 Å². The zero-order valence-corrected chi connectivity index (χ0v) is 14.4. The molecule has 1 aromatic carbocycles. The van der Waals surface area contributed by atoms with Crippen LogP contribution in [0.5, 0.6) is 5.75 Å². The minimum absolute atomic E-state index is 0.0353. The minimum atomic E-state index is -0.482. The number of alkyl halides is 1. The van der Waals surface area contributed by atoms with Crippen LogP contribution in [-0.2, 0) is 10.6 Å². The molecule has 2 rings (SSSR count). The van der Waals surface area contributed by atoms with Gasteiger partial charge in [-0.2, -0.15) is 0 Å². The summed E-state index contributed by atoms with van der Waals surface area (Å²) in [6, 6.07) is 6.00. The van der Waals surface area contributed by atoms with Crippen LogP contribution < -0.4 is 4.74 Å². The van der Waals surface area contributed by atoms with Gasteiger partial charge in [0, 0.05) is 12.1 Å². The number of benzene rings is 1. The normalized spacial score (nSPS) is 18.4. The second-order valence-corrected chi connectivity index (χ2v) is 6.80. The maximum Gasteiger partial charge on any atom is 0.410 e. The first-order valence-electron chi connectivity index (χ1n) is 7.58. The molecule has 1 aromatic rings. The Bertz CT molecular complexity index is 539. The van der Waals surface area contributed by atoms with Crippen LogP contribution in [-0.4, -0.2) is 30.2 Å². The fourth-order valence-electron chi connectivity index (χ4n) is 2.73. The average Bonchev–Trinajstić information content (AvgIpc) is 2.94. The maximum absolute atomic E-state index is 12.4. The van der Waals surface area contributed by atoms with Gasteiger partial charge in [-0.1, -0.05) is 12.1 Å². The molecule has 4 nitrogen and oxygen atoms in total. The van der Waals surface area contributed by atoms with Gasteiger partial charge in [0.1, 0.15) is 11.4 Å². The van der Waals surface area contributed by atoms with Crippen molar-refractivity contribution in [2.75, 3.05) is 13.7 Å². The van der Waals surface area contributed by atoms with E-state index < -0.39 is 5.60 Å². The van der Waals surface area contributed by atoms with Gasteiger partial charge in [-0.15, -0.1) is 11.6 Å². The van der Waals surface area contributed by atoms with Gasteiger partial charge in [0.05, 0.1) is 19.0 Å². The quantitative estimate of drug-likeness (QED) is 0.768. The van der Waals surface area contributed by atoms with E-state index in [1.54, 1.807) is 12.0 Å². The van der Waals surface area contributed by atoms with Gasteiger partial charge in [0.2, 0.25) is 0 Å². The largest absolute Gasteiger partial charge is 0.496 e. The molecule has 0 aromatic heterocycles. The van der Waals surface area contributed by atoms with E-state index >= 15 is 0 Å². The standard InChI is InChI=1S/C17H24ClNO3/c1-17(2,3)22-16(20)19-9-5-6-14(19)12-7-8-13(11-18)15(10-12)21-4/h7-8,10,14H,5-6,9,11H2,1-4H3/t14-/m0/s1. The molecule has 0 spiro atoms. The summed E-state index contributed by atoms with van der Waals surface area (Å²) in [5.74, 6) is 1.17. The number of carbonyl (C=O) groups excluding carboxylic acids is 1. The van der Waals surface area contributed by atoms with Crippen LogP contribution in [0.1, 0.15) is 50.8 Å². The van der Waals surface area contributed by atoms with Gasteiger partial charge in [-0.05, 0) is 45.2 Å². The van der Waals surface area contributed by atoms with Gasteiger partial charge < -0.3 is 14.4 Å². The Morgan fingerprint density at radius 2 is 2.14 bits per heavy atom. The Balaban J connectivity index is 2.22. The molecule has 1 amide bonds. The number of likely N-dealkylation sites (tertiary alicyclic amines) is 1. The molecule has 0 radical (unpaired) electrons. The van der Waals surface area contributed by atoms with E-state index in [1.165, 1.54) is 0 Å². The summed E-state index contributed by atoms with van der Waals surface area (Å²) in [6.45, 7) is 6.37. The number of methoxy groups -OCH3 is 1. The molecule has 122 valence electrons. The maximum atomic E-state index is 12.4. The van der Waals surface area contributed by atoms with E-state index in [2.05, 4.69) is 0 Å². The third-order valence-electron chi connectivity index (χ3n) is 3.72. The lowest BCUT2D eigenvalue weighted by Crippen LogP contribution is -2.36. The van der Waals surface area contributed by atoms with Gasteiger partial charge >= 0.3 is 6.09 Å². The summed E-state index contributed by atoms with van der Waals surface area (Å²) >= 11 is 5.91. The number of amides is 1. The van der Waals surface area contributed by atoms with Gasteiger partial charge in [-0.25, -0.2) is 4.79 Å². The monoisotopic (exact) mass is 325 g/mol. The molecule has 0 bridgehead atoms. The first-order valence-corrected chi connectivity index (χ1v) is 8.11. The summed E-state index contributed by atoms with van der Waals surface area (Å²) in [7, 11) is 1.63. The third kappa shape index (κ3) is 3.86. The Morgan fingerprint density at radius 3 is 2.73 bits per heavy atom. The van der Waals surface area contributed by atoms with Crippen molar-refractivity contribution >= 4 is 17.7 Å². The second kappa shape index (κ2) is 6.78. The van der Waals surface area contributed by atoms with E-state index in [-0.39, 0.29) is 12.1 Å². The van der Waals surface area contributed by atoms with Crippen molar-refractivity contribution in [3.8, 4) is 5.75 Å². The van der Waals surface area contributed by atoms with Crippen molar-refractivity contribution in [3.05, 3.63) is 29.3 Å². The van der Waals surface area contributed by atoms with E-state index in [9.17, 15) is 4.79 Å². The van der Waals surface area contributed by atoms with Crippen LogP contribution in [0.25, 0.3) is 0 Å². The second-order valence-electron chi connectivity index (χ2n) is 6.54. The fraction of sp³-hybridized carbons (Fsp3) is 0.588. The van der Waals surface area contributed by atoms with E-state index in [0.717, 1.165) is 36.3 Å². The topological polar surface area (TPSA) is 38.8 Å². The molecule has 5 heteroatoms. The minimum Gasteiger partial charge on any atom is -0.496 e. The molecule has 0 unspecified atom stereocenters. The highest BCUT2D eigenvalue weighted by molar-refractivity contribution is 6.17. The van der Waals surface area contributed by atoms with Gasteiger partial charge in [-0.3, -0.25) is 0 Å². The number of hydrogen-bond acceptors (Lipinski definition) is 3. The van der Waals surface area contributed by atoms with E-state index in [1.807, 2.05) is 39.0 Å². The van der Waals surface area contributed by atoms with Crippen LogP contribution in [0.15, 0.2) is 18.2 Å². The Hall–Kier alpha value is -1.42. The molecular formula is C17H24ClNO3. The van der Waals surface area contributed by atoms with E-state index in [0.29, 0.717) is 5.88 Å². The molecule has 0 aliphatic carbocycles. The first-order chi connectivity index (χ1) is 10.4. The molecule has 1 fully saturated rings. The number of nitrogens with zero attached hydrogens (tertiary/aromatic N) is 1. The zero-order valence-electron chi connectivity index (χ0n) is 13.7. The molecular weight excluding hydrogens is 302 g/mol. The third-order valence-corrected chi connectivity index (χ3v) is 4.01. The zero-order chi connectivity index (χ0) is 16.3. The lowest BCUT2D eigenvalue weighted by molar-refractivity contribution is 0.0224. The SMILES string of the molecule is COc1cc([C@@H]2CCCN2C(=O)OC(C)(C)C)ccc1CCl. The van der Waals surface area contributed by atoms with E-state index in [4.69, 9.17) is 21.1 Å². The van der Waals surface area contributed by atoms with Crippen LogP contribution in [0, 0.1) is 0 Å². The highest BCUT2D eigenvalue weighted by atomic mass is 35.5. The first kappa shape index (κ1) is 16.9. The van der Waals surface area contributed by atoms with Crippen LogP contribution in [0.2, 0.25) is 0 Å². The highest BCUT2D eigenvalue weighted by Crippen LogP contribution is 2.35.